The fraction of sp³-hybridized carbons (Fsp3) is 0.333. The molecule has 1 N–H and O–H groups in total. The lowest BCUT2D eigenvalue weighted by Crippen LogP contribution is -2.38. The van der Waals surface area contributed by atoms with Crippen LogP contribution in [0.1, 0.15) is 23.6 Å². The molecule has 29 heavy (non-hydrogen) atoms. The Morgan fingerprint density at radius 2 is 1.97 bits per heavy atom. The van der Waals surface area contributed by atoms with Crippen LogP contribution in [0.4, 0.5) is 4.39 Å². The van der Waals surface area contributed by atoms with Crippen molar-refractivity contribution >= 4 is 29.9 Å². The zero-order valence-electron chi connectivity index (χ0n) is 16.4. The predicted octanol–water partition coefficient (Wildman–Crippen LogP) is 3.68. The Labute approximate surface area is 187 Å². The number of nitriles is 1. The second-order valence-electron chi connectivity index (χ2n) is 6.42. The van der Waals surface area contributed by atoms with Gasteiger partial charge in [0.2, 0.25) is 0 Å². The summed E-state index contributed by atoms with van der Waals surface area (Å²) >= 11 is 0. The molecule has 1 heterocycles. The van der Waals surface area contributed by atoms with Crippen LogP contribution in [-0.2, 0) is 13.1 Å². The van der Waals surface area contributed by atoms with Crippen LogP contribution in [0.15, 0.2) is 41.4 Å². The molecule has 0 bridgehead atoms. The smallest absolute Gasteiger partial charge is 0.194 e. The van der Waals surface area contributed by atoms with Gasteiger partial charge < -0.3 is 19.7 Å². The number of rotatable bonds is 5. The second-order valence-corrected chi connectivity index (χ2v) is 6.42. The van der Waals surface area contributed by atoms with Crippen molar-refractivity contribution in [1.29, 1.82) is 5.26 Å². The standard InChI is InChI=1S/C21H23FN4O2.HI/c1-3-24-21(25-13-17-6-4-15(12-23)10-18(17)22)26(2)14-16-5-7-19-20(11-16)28-9-8-27-19;/h4-7,10-11H,3,8-9,13-14H2,1-2H3,(H,24,25);1H. The van der Waals surface area contributed by atoms with Crippen LogP contribution in [-0.4, -0.2) is 37.7 Å². The fourth-order valence-corrected chi connectivity index (χ4v) is 2.91. The predicted molar refractivity (Wildman–Crippen MR) is 120 cm³/mol. The molecule has 1 aliphatic rings. The molecule has 3 rings (SSSR count). The van der Waals surface area contributed by atoms with Crippen molar-refractivity contribution in [3.8, 4) is 17.6 Å². The van der Waals surface area contributed by atoms with E-state index in [9.17, 15) is 4.39 Å². The number of hydrogen-bond acceptors (Lipinski definition) is 4. The molecule has 0 radical (unpaired) electrons. The Morgan fingerprint density at radius 1 is 1.21 bits per heavy atom. The number of guanidine groups is 1. The zero-order valence-corrected chi connectivity index (χ0v) is 18.8. The van der Waals surface area contributed by atoms with E-state index < -0.39 is 5.82 Å². The Kier molecular flexibility index (Phi) is 8.51. The minimum Gasteiger partial charge on any atom is -0.486 e. The van der Waals surface area contributed by atoms with Crippen LogP contribution < -0.4 is 14.8 Å². The van der Waals surface area contributed by atoms with E-state index in [1.807, 2.05) is 43.1 Å². The van der Waals surface area contributed by atoms with Crippen molar-refractivity contribution in [3.63, 3.8) is 0 Å². The van der Waals surface area contributed by atoms with Crippen LogP contribution in [0.3, 0.4) is 0 Å². The zero-order chi connectivity index (χ0) is 19.9. The maximum Gasteiger partial charge on any atom is 0.194 e. The molecule has 0 aromatic heterocycles. The van der Waals surface area contributed by atoms with E-state index in [1.54, 1.807) is 12.1 Å². The molecule has 0 atom stereocenters. The average Bonchev–Trinajstić information content (AvgIpc) is 2.71. The summed E-state index contributed by atoms with van der Waals surface area (Å²) in [5.74, 6) is 1.75. The summed E-state index contributed by atoms with van der Waals surface area (Å²) < 4.78 is 25.3. The van der Waals surface area contributed by atoms with Gasteiger partial charge in [0, 0.05) is 25.7 Å². The van der Waals surface area contributed by atoms with E-state index in [1.165, 1.54) is 6.07 Å². The number of benzene rings is 2. The molecule has 0 spiro atoms. The first-order valence-electron chi connectivity index (χ1n) is 9.17. The van der Waals surface area contributed by atoms with Gasteiger partial charge in [-0.25, -0.2) is 9.38 Å². The van der Waals surface area contributed by atoms with Crippen molar-refractivity contribution < 1.29 is 13.9 Å². The highest BCUT2D eigenvalue weighted by Crippen LogP contribution is 2.31. The quantitative estimate of drug-likeness (QED) is 0.378. The monoisotopic (exact) mass is 510 g/mol. The molecule has 2 aromatic carbocycles. The van der Waals surface area contributed by atoms with Crippen LogP contribution in [0.2, 0.25) is 0 Å². The summed E-state index contributed by atoms with van der Waals surface area (Å²) in [4.78, 5) is 6.50. The molecule has 8 heteroatoms. The number of fused-ring (bicyclic) bond motifs is 1. The molecule has 2 aromatic rings. The highest BCUT2D eigenvalue weighted by Gasteiger charge is 2.14. The van der Waals surface area contributed by atoms with Gasteiger partial charge in [0.25, 0.3) is 0 Å². The summed E-state index contributed by atoms with van der Waals surface area (Å²) in [5, 5.41) is 12.1. The summed E-state index contributed by atoms with van der Waals surface area (Å²) in [6.07, 6.45) is 0. The molecule has 0 aliphatic carbocycles. The van der Waals surface area contributed by atoms with Crippen LogP contribution in [0.25, 0.3) is 0 Å². The lowest BCUT2D eigenvalue weighted by atomic mass is 10.1. The van der Waals surface area contributed by atoms with Gasteiger partial charge in [0.05, 0.1) is 18.2 Å². The lowest BCUT2D eigenvalue weighted by Gasteiger charge is -2.24. The van der Waals surface area contributed by atoms with E-state index in [0.717, 1.165) is 17.1 Å². The van der Waals surface area contributed by atoms with Gasteiger partial charge in [0.1, 0.15) is 19.0 Å². The SMILES string of the molecule is CCNC(=NCc1ccc(C#N)cc1F)N(C)Cc1ccc2c(c1)OCCO2.I. The lowest BCUT2D eigenvalue weighted by molar-refractivity contribution is 0.171. The molecule has 0 amide bonds. The largest absolute Gasteiger partial charge is 0.486 e. The Balaban J connectivity index is 0.00000300. The van der Waals surface area contributed by atoms with Crippen molar-refractivity contribution in [2.24, 2.45) is 4.99 Å². The van der Waals surface area contributed by atoms with Crippen LogP contribution in [0.5, 0.6) is 11.5 Å². The van der Waals surface area contributed by atoms with E-state index in [4.69, 9.17) is 14.7 Å². The van der Waals surface area contributed by atoms with Crippen molar-refractivity contribution in [3.05, 3.63) is 58.9 Å². The van der Waals surface area contributed by atoms with Gasteiger partial charge in [-0.2, -0.15) is 5.26 Å². The molecule has 1 aliphatic heterocycles. The third-order valence-corrected chi connectivity index (χ3v) is 4.30. The molecule has 6 nitrogen and oxygen atoms in total. The molecule has 154 valence electrons. The number of nitrogens with one attached hydrogen (secondary N) is 1. The van der Waals surface area contributed by atoms with Gasteiger partial charge in [-0.1, -0.05) is 12.1 Å². The number of nitrogens with zero attached hydrogens (tertiary/aromatic N) is 3. The van der Waals surface area contributed by atoms with Gasteiger partial charge in [-0.3, -0.25) is 0 Å². The number of aliphatic imine (C=N–C) groups is 1. The Bertz CT molecular complexity index is 914. The minimum absolute atomic E-state index is 0. The maximum atomic E-state index is 14.1. The number of halogens is 2. The highest BCUT2D eigenvalue weighted by molar-refractivity contribution is 14.0. The van der Waals surface area contributed by atoms with E-state index in [0.29, 0.717) is 43.4 Å². The number of hydrogen-bond donors (Lipinski definition) is 1. The first-order chi connectivity index (χ1) is 13.6. The Hall–Kier alpha value is -2.54. The summed E-state index contributed by atoms with van der Waals surface area (Å²) in [6.45, 7) is 4.58. The Morgan fingerprint density at radius 3 is 2.66 bits per heavy atom. The summed E-state index contributed by atoms with van der Waals surface area (Å²) in [6, 6.07) is 12.2. The molecular weight excluding hydrogens is 486 g/mol. The third-order valence-electron chi connectivity index (χ3n) is 4.30. The first-order valence-corrected chi connectivity index (χ1v) is 9.17. The van der Waals surface area contributed by atoms with Crippen molar-refractivity contribution in [1.82, 2.24) is 10.2 Å². The van der Waals surface area contributed by atoms with Gasteiger partial charge in [-0.05, 0) is 36.8 Å². The summed E-state index contributed by atoms with van der Waals surface area (Å²) in [5.41, 5.74) is 1.80. The normalized spacial score (nSPS) is 12.6. The maximum absolute atomic E-state index is 14.1. The fourth-order valence-electron chi connectivity index (χ4n) is 2.91. The van der Waals surface area contributed by atoms with E-state index in [-0.39, 0.29) is 30.5 Å². The topological polar surface area (TPSA) is 69.9 Å². The van der Waals surface area contributed by atoms with Crippen molar-refractivity contribution in [2.75, 3.05) is 26.8 Å². The molecule has 0 fully saturated rings. The van der Waals surface area contributed by atoms with Crippen LogP contribution >= 0.6 is 24.0 Å². The van der Waals surface area contributed by atoms with Gasteiger partial charge >= 0.3 is 0 Å². The second kappa shape index (κ2) is 10.9. The van der Waals surface area contributed by atoms with Crippen LogP contribution in [0, 0.1) is 17.1 Å². The van der Waals surface area contributed by atoms with Gasteiger partial charge in [-0.15, -0.1) is 24.0 Å². The van der Waals surface area contributed by atoms with E-state index >= 15 is 0 Å². The molecule has 0 unspecified atom stereocenters. The highest BCUT2D eigenvalue weighted by atomic mass is 127. The summed E-state index contributed by atoms with van der Waals surface area (Å²) in [7, 11) is 1.92. The molecular formula is C21H24FIN4O2. The molecule has 0 saturated carbocycles. The number of ether oxygens (including phenoxy) is 2. The third kappa shape index (κ3) is 5.97. The average molecular weight is 510 g/mol. The van der Waals surface area contributed by atoms with Gasteiger partial charge in [0.15, 0.2) is 17.5 Å². The molecule has 0 saturated heterocycles. The van der Waals surface area contributed by atoms with E-state index in [2.05, 4.69) is 10.3 Å². The minimum atomic E-state index is -0.423. The van der Waals surface area contributed by atoms with Crippen molar-refractivity contribution in [2.45, 2.75) is 20.0 Å². The first kappa shape index (κ1) is 22.7.